The van der Waals surface area contributed by atoms with Gasteiger partial charge < -0.3 is 15.3 Å². The van der Waals surface area contributed by atoms with Gasteiger partial charge in [-0.3, -0.25) is 9.69 Å². The molecule has 0 radical (unpaired) electrons. The Hall–Kier alpha value is -2.53. The molecule has 2 rings (SSSR count). The van der Waals surface area contributed by atoms with E-state index in [-0.39, 0.29) is 42.0 Å². The van der Waals surface area contributed by atoms with Crippen LogP contribution < -0.4 is 0 Å². The molecule has 0 aliphatic rings. The van der Waals surface area contributed by atoms with Gasteiger partial charge in [-0.05, 0) is 34.1 Å². The number of aromatic hydroxyl groups is 2. The summed E-state index contributed by atoms with van der Waals surface area (Å²) < 4.78 is 0. The molecule has 0 atom stereocenters. The quantitative estimate of drug-likeness (QED) is 0.651. The van der Waals surface area contributed by atoms with E-state index < -0.39 is 5.97 Å². The molecule has 0 fully saturated rings. The number of hydrogen-bond donors (Lipinski definition) is 3. The maximum Gasteiger partial charge on any atom is 0.317 e. The Balaban J connectivity index is 2.36. The first-order valence-electron chi connectivity index (χ1n) is 9.86. The van der Waals surface area contributed by atoms with E-state index in [1.165, 1.54) is 0 Å². The predicted octanol–water partition coefficient (Wildman–Crippen LogP) is 4.78. The molecule has 5 nitrogen and oxygen atoms in total. The van der Waals surface area contributed by atoms with Crippen molar-refractivity contribution < 1.29 is 20.1 Å². The first-order chi connectivity index (χ1) is 13.3. The van der Waals surface area contributed by atoms with Crippen LogP contribution in [0.25, 0.3) is 0 Å². The summed E-state index contributed by atoms with van der Waals surface area (Å²) in [7, 11) is 0. The van der Waals surface area contributed by atoms with Crippen molar-refractivity contribution in [3.8, 4) is 11.5 Å². The Morgan fingerprint density at radius 1 is 0.793 bits per heavy atom. The number of aliphatic carboxylic acids is 1. The number of rotatable bonds is 6. The highest BCUT2D eigenvalue weighted by Crippen LogP contribution is 2.31. The summed E-state index contributed by atoms with van der Waals surface area (Å²) in [6, 6.07) is 10.9. The Kier molecular flexibility index (Phi) is 6.63. The molecule has 2 aromatic carbocycles. The molecule has 29 heavy (non-hydrogen) atoms. The molecule has 5 heteroatoms. The molecule has 0 bridgehead atoms. The molecule has 0 aromatic heterocycles. The molecule has 0 aliphatic carbocycles. The third-order valence-corrected chi connectivity index (χ3v) is 5.04. The van der Waals surface area contributed by atoms with Gasteiger partial charge in [0.2, 0.25) is 0 Å². The monoisotopic (exact) mass is 399 g/mol. The zero-order valence-electron chi connectivity index (χ0n) is 18.3. The standard InChI is InChI=1S/C24H33NO4/c1-23(2,3)18-7-9-20(26)16(11-18)13-25(15-22(28)29)14-17-12-19(24(4,5)6)8-10-21(17)27/h7-12,26-27H,13-15H2,1-6H3,(H,28,29). The first-order valence-corrected chi connectivity index (χ1v) is 9.86. The topological polar surface area (TPSA) is 81.0 Å². The number of benzene rings is 2. The third kappa shape index (κ3) is 6.23. The van der Waals surface area contributed by atoms with Crippen molar-refractivity contribution in [1.29, 1.82) is 0 Å². The van der Waals surface area contributed by atoms with Gasteiger partial charge in [-0.15, -0.1) is 0 Å². The van der Waals surface area contributed by atoms with E-state index >= 15 is 0 Å². The first kappa shape index (κ1) is 22.8. The average molecular weight is 400 g/mol. The smallest absolute Gasteiger partial charge is 0.317 e. The van der Waals surface area contributed by atoms with E-state index in [0.29, 0.717) is 11.1 Å². The van der Waals surface area contributed by atoms with E-state index in [0.717, 1.165) is 11.1 Å². The second-order valence-corrected chi connectivity index (χ2v) is 9.73. The second kappa shape index (κ2) is 8.46. The fourth-order valence-electron chi connectivity index (χ4n) is 3.20. The fraction of sp³-hybridized carbons (Fsp3) is 0.458. The number of hydrogen-bond acceptors (Lipinski definition) is 4. The molecule has 0 saturated heterocycles. The van der Waals surface area contributed by atoms with Gasteiger partial charge in [-0.25, -0.2) is 0 Å². The second-order valence-electron chi connectivity index (χ2n) is 9.73. The molecule has 0 heterocycles. The minimum Gasteiger partial charge on any atom is -0.508 e. The number of carboxylic acids is 1. The molecule has 2 aromatic rings. The zero-order chi connectivity index (χ0) is 22.0. The molecule has 0 amide bonds. The summed E-state index contributed by atoms with van der Waals surface area (Å²) in [6.45, 7) is 12.9. The lowest BCUT2D eigenvalue weighted by Crippen LogP contribution is -2.29. The van der Waals surface area contributed by atoms with Crippen LogP contribution in [0.4, 0.5) is 0 Å². The molecule has 0 unspecified atom stereocenters. The van der Waals surface area contributed by atoms with Gasteiger partial charge >= 0.3 is 5.97 Å². The van der Waals surface area contributed by atoms with Gasteiger partial charge in [0.1, 0.15) is 11.5 Å². The number of nitrogens with zero attached hydrogens (tertiary/aromatic N) is 1. The normalized spacial score (nSPS) is 12.4. The number of carbonyl (C=O) groups is 1. The average Bonchev–Trinajstić information content (AvgIpc) is 2.56. The van der Waals surface area contributed by atoms with E-state index in [9.17, 15) is 20.1 Å². The van der Waals surface area contributed by atoms with Gasteiger partial charge in [-0.1, -0.05) is 65.8 Å². The SMILES string of the molecule is CC(C)(C)c1ccc(O)c(CN(CC(=O)O)Cc2cc(C(C)(C)C)ccc2O)c1. The van der Waals surface area contributed by atoms with E-state index in [1.54, 1.807) is 17.0 Å². The number of carboxylic acid groups (broad SMARTS) is 1. The minimum absolute atomic E-state index is 0.0839. The van der Waals surface area contributed by atoms with Gasteiger partial charge in [0.15, 0.2) is 0 Å². The largest absolute Gasteiger partial charge is 0.508 e. The highest BCUT2D eigenvalue weighted by molar-refractivity contribution is 5.69. The summed E-state index contributed by atoms with van der Waals surface area (Å²) in [5.74, 6) is -0.676. The lowest BCUT2D eigenvalue weighted by molar-refractivity contribution is -0.138. The predicted molar refractivity (Wildman–Crippen MR) is 115 cm³/mol. The maximum absolute atomic E-state index is 11.4. The van der Waals surface area contributed by atoms with Crippen molar-refractivity contribution in [1.82, 2.24) is 4.90 Å². The summed E-state index contributed by atoms with van der Waals surface area (Å²) in [4.78, 5) is 13.2. The molecule has 3 N–H and O–H groups in total. The minimum atomic E-state index is -0.956. The van der Waals surface area contributed by atoms with Crippen LogP contribution in [0.2, 0.25) is 0 Å². The van der Waals surface area contributed by atoms with Crippen molar-refractivity contribution in [2.75, 3.05) is 6.54 Å². The third-order valence-electron chi connectivity index (χ3n) is 5.04. The Morgan fingerprint density at radius 3 is 1.48 bits per heavy atom. The van der Waals surface area contributed by atoms with Gasteiger partial charge in [0, 0.05) is 24.2 Å². The molecular weight excluding hydrogens is 366 g/mol. The molecule has 0 aliphatic heterocycles. The van der Waals surface area contributed by atoms with Crippen LogP contribution in [-0.4, -0.2) is 32.7 Å². The summed E-state index contributed by atoms with van der Waals surface area (Å²) in [5.41, 5.74) is 3.31. The van der Waals surface area contributed by atoms with Crippen molar-refractivity contribution >= 4 is 5.97 Å². The van der Waals surface area contributed by atoms with Gasteiger partial charge in [-0.2, -0.15) is 0 Å². The van der Waals surface area contributed by atoms with Crippen LogP contribution in [0, 0.1) is 0 Å². The Morgan fingerprint density at radius 2 is 1.17 bits per heavy atom. The van der Waals surface area contributed by atoms with Crippen molar-refractivity contribution in [3.05, 3.63) is 58.7 Å². The fourth-order valence-corrected chi connectivity index (χ4v) is 3.20. The van der Waals surface area contributed by atoms with Gasteiger partial charge in [0.05, 0.1) is 6.54 Å². The molecule has 158 valence electrons. The van der Waals surface area contributed by atoms with E-state index in [2.05, 4.69) is 41.5 Å². The zero-order valence-corrected chi connectivity index (χ0v) is 18.3. The summed E-state index contributed by atoms with van der Waals surface area (Å²) in [6.07, 6.45) is 0. The Labute approximate surface area is 173 Å². The summed E-state index contributed by atoms with van der Waals surface area (Å²) >= 11 is 0. The Bertz CT molecular complexity index is 810. The summed E-state index contributed by atoms with van der Waals surface area (Å²) in [5, 5.41) is 30.0. The number of phenolic OH excluding ortho intramolecular Hbond substituents is 2. The lowest BCUT2D eigenvalue weighted by atomic mass is 9.85. The molecule has 0 saturated carbocycles. The van der Waals surface area contributed by atoms with Crippen LogP contribution in [0.15, 0.2) is 36.4 Å². The maximum atomic E-state index is 11.4. The number of phenols is 2. The molecular formula is C24H33NO4. The molecule has 0 spiro atoms. The van der Waals surface area contributed by atoms with Crippen molar-refractivity contribution in [3.63, 3.8) is 0 Å². The van der Waals surface area contributed by atoms with Crippen LogP contribution >= 0.6 is 0 Å². The highest BCUT2D eigenvalue weighted by atomic mass is 16.4. The van der Waals surface area contributed by atoms with Crippen LogP contribution in [0.1, 0.15) is 63.8 Å². The lowest BCUT2D eigenvalue weighted by Gasteiger charge is -2.25. The van der Waals surface area contributed by atoms with Crippen LogP contribution in [0.3, 0.4) is 0 Å². The van der Waals surface area contributed by atoms with Crippen molar-refractivity contribution in [2.24, 2.45) is 0 Å². The van der Waals surface area contributed by atoms with Crippen molar-refractivity contribution in [2.45, 2.75) is 65.5 Å². The van der Waals surface area contributed by atoms with Crippen LogP contribution in [-0.2, 0) is 28.7 Å². The van der Waals surface area contributed by atoms with Gasteiger partial charge in [0.25, 0.3) is 0 Å². The van der Waals surface area contributed by atoms with E-state index in [4.69, 9.17) is 0 Å². The highest BCUT2D eigenvalue weighted by Gasteiger charge is 2.20. The van der Waals surface area contributed by atoms with Crippen LogP contribution in [0.5, 0.6) is 11.5 Å². The van der Waals surface area contributed by atoms with E-state index in [1.807, 2.05) is 24.3 Å².